The van der Waals surface area contributed by atoms with E-state index in [2.05, 4.69) is 32.2 Å². The topological polar surface area (TPSA) is 82.0 Å². The molecule has 1 N–H and O–H groups in total. The van der Waals surface area contributed by atoms with Crippen LogP contribution in [0.15, 0.2) is 28.7 Å². The first-order valence-electron chi connectivity index (χ1n) is 7.31. The molecule has 0 saturated carbocycles. The van der Waals surface area contributed by atoms with Gasteiger partial charge in [0.05, 0.1) is 29.2 Å². The number of nitrogens with one attached hydrogen (secondary N) is 1. The molecule has 1 aromatic heterocycles. The normalized spacial score (nSPS) is 14.2. The number of nitrogens with zero attached hydrogens (tertiary/aromatic N) is 3. The molecule has 2 aromatic rings. The number of benzene rings is 1. The SMILES string of the molecule is CCc1[nH]nc(C(=O)N2CC(Oc3ccc(C#N)cc3)C2)c1Br. The van der Waals surface area contributed by atoms with Gasteiger partial charge in [0.2, 0.25) is 0 Å². The Balaban J connectivity index is 1.57. The van der Waals surface area contributed by atoms with Crippen molar-refractivity contribution >= 4 is 21.8 Å². The van der Waals surface area contributed by atoms with Gasteiger partial charge in [-0.05, 0) is 46.6 Å². The van der Waals surface area contributed by atoms with Gasteiger partial charge in [-0.2, -0.15) is 10.4 Å². The van der Waals surface area contributed by atoms with Crippen LogP contribution in [0.1, 0.15) is 28.7 Å². The molecule has 1 amide bonds. The highest BCUT2D eigenvalue weighted by Gasteiger charge is 2.35. The van der Waals surface area contributed by atoms with Gasteiger partial charge in [0.1, 0.15) is 11.9 Å². The predicted molar refractivity (Wildman–Crippen MR) is 87.1 cm³/mol. The number of rotatable bonds is 4. The molecule has 6 nitrogen and oxygen atoms in total. The monoisotopic (exact) mass is 374 g/mol. The van der Waals surface area contributed by atoms with Crippen LogP contribution in [0.5, 0.6) is 5.75 Å². The van der Waals surface area contributed by atoms with Gasteiger partial charge < -0.3 is 9.64 Å². The number of hydrogen-bond donors (Lipinski definition) is 1. The Morgan fingerprint density at radius 3 is 2.74 bits per heavy atom. The Bertz CT molecular complexity index is 757. The molecule has 0 spiro atoms. The summed E-state index contributed by atoms with van der Waals surface area (Å²) in [6.07, 6.45) is 0.751. The average molecular weight is 375 g/mol. The summed E-state index contributed by atoms with van der Waals surface area (Å²) in [5, 5.41) is 15.7. The van der Waals surface area contributed by atoms with Crippen molar-refractivity contribution in [1.29, 1.82) is 5.26 Å². The van der Waals surface area contributed by atoms with E-state index in [9.17, 15) is 4.79 Å². The van der Waals surface area contributed by atoms with Crippen molar-refractivity contribution in [2.24, 2.45) is 0 Å². The summed E-state index contributed by atoms with van der Waals surface area (Å²) in [5.74, 6) is 0.600. The molecule has 0 bridgehead atoms. The third-order valence-corrected chi connectivity index (χ3v) is 4.61. The first-order chi connectivity index (χ1) is 11.1. The maximum Gasteiger partial charge on any atom is 0.275 e. The van der Waals surface area contributed by atoms with Crippen molar-refractivity contribution < 1.29 is 9.53 Å². The van der Waals surface area contributed by atoms with Gasteiger partial charge in [-0.1, -0.05) is 6.92 Å². The summed E-state index contributed by atoms with van der Waals surface area (Å²) in [7, 11) is 0. The highest BCUT2D eigenvalue weighted by Crippen LogP contribution is 2.24. The number of aromatic nitrogens is 2. The van der Waals surface area contributed by atoms with E-state index in [0.717, 1.165) is 16.6 Å². The highest BCUT2D eigenvalue weighted by molar-refractivity contribution is 9.10. The summed E-state index contributed by atoms with van der Waals surface area (Å²) in [5.41, 5.74) is 1.93. The largest absolute Gasteiger partial charge is 0.487 e. The van der Waals surface area contributed by atoms with Crippen LogP contribution in [-0.2, 0) is 6.42 Å². The van der Waals surface area contributed by atoms with Crippen molar-refractivity contribution in [2.75, 3.05) is 13.1 Å². The second-order valence-electron chi connectivity index (χ2n) is 5.30. The van der Waals surface area contributed by atoms with Crippen molar-refractivity contribution in [2.45, 2.75) is 19.4 Å². The molecule has 2 heterocycles. The Hall–Kier alpha value is -2.33. The molecule has 0 radical (unpaired) electrons. The molecular formula is C16H15BrN4O2. The Morgan fingerprint density at radius 2 is 2.17 bits per heavy atom. The van der Waals surface area contributed by atoms with Crippen LogP contribution in [0.4, 0.5) is 0 Å². The zero-order chi connectivity index (χ0) is 16.4. The van der Waals surface area contributed by atoms with E-state index in [1.165, 1.54) is 0 Å². The molecule has 1 fully saturated rings. The number of likely N-dealkylation sites (tertiary alicyclic amines) is 1. The van der Waals surface area contributed by atoms with E-state index < -0.39 is 0 Å². The molecule has 0 aliphatic carbocycles. The molecule has 0 unspecified atom stereocenters. The molecule has 1 aliphatic rings. The number of nitriles is 1. The lowest BCUT2D eigenvalue weighted by atomic mass is 10.1. The molecular weight excluding hydrogens is 360 g/mol. The minimum Gasteiger partial charge on any atom is -0.487 e. The smallest absolute Gasteiger partial charge is 0.275 e. The van der Waals surface area contributed by atoms with Crippen molar-refractivity contribution in [3.63, 3.8) is 0 Å². The van der Waals surface area contributed by atoms with Crippen LogP contribution < -0.4 is 4.74 Å². The molecule has 3 rings (SSSR count). The van der Waals surface area contributed by atoms with Crippen LogP contribution >= 0.6 is 15.9 Å². The third-order valence-electron chi connectivity index (χ3n) is 3.75. The maximum atomic E-state index is 12.4. The number of aryl methyl sites for hydroxylation is 1. The van der Waals surface area contributed by atoms with Crippen molar-refractivity contribution in [3.8, 4) is 11.8 Å². The van der Waals surface area contributed by atoms with Gasteiger partial charge in [-0.15, -0.1) is 0 Å². The summed E-state index contributed by atoms with van der Waals surface area (Å²) in [6, 6.07) is 9.02. The number of ether oxygens (including phenoxy) is 1. The quantitative estimate of drug-likeness (QED) is 0.890. The molecule has 1 saturated heterocycles. The lowest BCUT2D eigenvalue weighted by Gasteiger charge is -2.38. The predicted octanol–water partition coefficient (Wildman–Crippen LogP) is 2.51. The zero-order valence-electron chi connectivity index (χ0n) is 12.5. The van der Waals surface area contributed by atoms with Gasteiger partial charge in [-0.3, -0.25) is 9.89 Å². The van der Waals surface area contributed by atoms with Gasteiger partial charge in [0.15, 0.2) is 5.69 Å². The molecule has 1 aromatic carbocycles. The number of halogens is 1. The molecule has 7 heteroatoms. The Morgan fingerprint density at radius 1 is 1.48 bits per heavy atom. The third kappa shape index (κ3) is 3.08. The van der Waals surface area contributed by atoms with E-state index in [-0.39, 0.29) is 12.0 Å². The van der Waals surface area contributed by atoms with E-state index in [0.29, 0.717) is 30.1 Å². The first kappa shape index (κ1) is 15.6. The lowest BCUT2D eigenvalue weighted by molar-refractivity contribution is 0.0173. The number of amides is 1. The van der Waals surface area contributed by atoms with Crippen LogP contribution in [0.2, 0.25) is 0 Å². The second kappa shape index (κ2) is 6.42. The van der Waals surface area contributed by atoms with E-state index in [1.54, 1.807) is 29.2 Å². The number of H-pyrrole nitrogens is 1. The van der Waals surface area contributed by atoms with Gasteiger partial charge in [0.25, 0.3) is 5.91 Å². The molecule has 118 valence electrons. The van der Waals surface area contributed by atoms with Gasteiger partial charge in [-0.25, -0.2) is 0 Å². The maximum absolute atomic E-state index is 12.4. The van der Waals surface area contributed by atoms with E-state index >= 15 is 0 Å². The van der Waals surface area contributed by atoms with Crippen LogP contribution in [0.3, 0.4) is 0 Å². The second-order valence-corrected chi connectivity index (χ2v) is 6.10. The summed E-state index contributed by atoms with van der Waals surface area (Å²) >= 11 is 3.42. The van der Waals surface area contributed by atoms with Crippen molar-refractivity contribution in [1.82, 2.24) is 15.1 Å². The number of carbonyl (C=O) groups excluding carboxylic acids is 1. The minimum absolute atomic E-state index is 0.0322. The van der Waals surface area contributed by atoms with Crippen LogP contribution in [0, 0.1) is 11.3 Å². The molecule has 0 atom stereocenters. The minimum atomic E-state index is -0.104. The highest BCUT2D eigenvalue weighted by atomic mass is 79.9. The average Bonchev–Trinajstić information content (AvgIpc) is 2.91. The van der Waals surface area contributed by atoms with E-state index in [1.807, 2.05) is 6.92 Å². The Kier molecular flexibility index (Phi) is 4.35. The van der Waals surface area contributed by atoms with Crippen LogP contribution in [-0.4, -0.2) is 40.2 Å². The fourth-order valence-corrected chi connectivity index (χ4v) is 3.00. The summed E-state index contributed by atoms with van der Waals surface area (Å²) in [6.45, 7) is 3.05. The fraction of sp³-hybridized carbons (Fsp3) is 0.312. The Labute approximate surface area is 142 Å². The zero-order valence-corrected chi connectivity index (χ0v) is 14.1. The molecule has 23 heavy (non-hydrogen) atoms. The van der Waals surface area contributed by atoms with Gasteiger partial charge >= 0.3 is 0 Å². The van der Waals surface area contributed by atoms with Crippen molar-refractivity contribution in [3.05, 3.63) is 45.7 Å². The number of aromatic amines is 1. The lowest BCUT2D eigenvalue weighted by Crippen LogP contribution is -2.56. The fourth-order valence-electron chi connectivity index (χ4n) is 2.37. The summed E-state index contributed by atoms with van der Waals surface area (Å²) < 4.78 is 6.52. The summed E-state index contributed by atoms with van der Waals surface area (Å²) in [4.78, 5) is 14.1. The standard InChI is InChI=1S/C16H15BrN4O2/c1-2-13-14(17)15(20-19-13)16(22)21-8-12(9-21)23-11-5-3-10(7-18)4-6-11/h3-6,12H,2,8-9H2,1H3,(H,19,20). The first-order valence-corrected chi connectivity index (χ1v) is 8.10. The van der Waals surface area contributed by atoms with Crippen LogP contribution in [0.25, 0.3) is 0 Å². The number of carbonyl (C=O) groups is 1. The van der Waals surface area contributed by atoms with Gasteiger partial charge in [0, 0.05) is 5.69 Å². The van der Waals surface area contributed by atoms with E-state index in [4.69, 9.17) is 10.00 Å². The number of hydrogen-bond acceptors (Lipinski definition) is 4. The molecule has 1 aliphatic heterocycles.